The molecule has 0 bridgehead atoms. The summed E-state index contributed by atoms with van der Waals surface area (Å²) in [7, 11) is 2.93. The maximum Gasteiger partial charge on any atom is 0.330 e. The van der Waals surface area contributed by atoms with Crippen molar-refractivity contribution in [1.82, 2.24) is 19.4 Å². The van der Waals surface area contributed by atoms with Crippen LogP contribution in [0.3, 0.4) is 0 Å². The predicted octanol–water partition coefficient (Wildman–Crippen LogP) is 0.207. The number of aryl methyl sites for hydroxylation is 1. The molecule has 0 fully saturated rings. The standard InChI is InChI=1S/C17H20N4O4/c1-4-25-15-12(6-5-9-18-15)10-19-14(22)8-7-13-11-20(2)17(24)21(3)16(13)23/h5-9,11H,4,10H2,1-3H3,(H,19,22)/b8-7+. The Morgan fingerprint density at radius 2 is 2.12 bits per heavy atom. The molecule has 1 N–H and O–H groups in total. The number of carbonyl (C=O) groups excluding carboxylic acids is 1. The van der Waals surface area contributed by atoms with Crippen LogP contribution >= 0.6 is 0 Å². The average Bonchev–Trinajstić information content (AvgIpc) is 2.61. The molecule has 8 nitrogen and oxygen atoms in total. The lowest BCUT2D eigenvalue weighted by atomic mass is 10.2. The van der Waals surface area contributed by atoms with Crippen LogP contribution < -0.4 is 21.3 Å². The van der Waals surface area contributed by atoms with Crippen LogP contribution in [0.2, 0.25) is 0 Å². The van der Waals surface area contributed by atoms with E-state index >= 15 is 0 Å². The van der Waals surface area contributed by atoms with E-state index in [9.17, 15) is 14.4 Å². The molecule has 8 heteroatoms. The van der Waals surface area contributed by atoms with Crippen LogP contribution in [0.5, 0.6) is 5.88 Å². The second-order valence-corrected chi connectivity index (χ2v) is 5.29. The summed E-state index contributed by atoms with van der Waals surface area (Å²) >= 11 is 0. The molecule has 132 valence electrons. The van der Waals surface area contributed by atoms with Gasteiger partial charge in [-0.2, -0.15) is 0 Å². The lowest BCUT2D eigenvalue weighted by Crippen LogP contribution is -2.37. The number of aromatic nitrogens is 3. The molecule has 2 rings (SSSR count). The summed E-state index contributed by atoms with van der Waals surface area (Å²) in [6, 6.07) is 3.57. The quantitative estimate of drug-likeness (QED) is 0.756. The van der Waals surface area contributed by atoms with E-state index in [0.717, 1.165) is 10.1 Å². The highest BCUT2D eigenvalue weighted by molar-refractivity contribution is 5.91. The van der Waals surface area contributed by atoms with Crippen molar-refractivity contribution in [2.24, 2.45) is 14.1 Å². The summed E-state index contributed by atoms with van der Waals surface area (Å²) in [5.74, 6) is 0.100. The van der Waals surface area contributed by atoms with Crippen molar-refractivity contribution in [3.63, 3.8) is 0 Å². The molecular weight excluding hydrogens is 324 g/mol. The number of nitrogens with one attached hydrogen (secondary N) is 1. The van der Waals surface area contributed by atoms with E-state index in [0.29, 0.717) is 12.5 Å². The van der Waals surface area contributed by atoms with E-state index in [4.69, 9.17) is 4.74 Å². The highest BCUT2D eigenvalue weighted by atomic mass is 16.5. The minimum atomic E-state index is -0.460. The van der Waals surface area contributed by atoms with Crippen molar-refractivity contribution in [2.75, 3.05) is 6.61 Å². The SMILES string of the molecule is CCOc1ncccc1CNC(=O)/C=C/c1cn(C)c(=O)n(C)c1=O. The summed E-state index contributed by atoms with van der Waals surface area (Å²) < 4.78 is 7.66. The van der Waals surface area contributed by atoms with Crippen LogP contribution in [-0.4, -0.2) is 26.6 Å². The zero-order valence-corrected chi connectivity index (χ0v) is 14.4. The maximum absolute atomic E-state index is 12.0. The van der Waals surface area contributed by atoms with Crippen LogP contribution in [0, 0.1) is 0 Å². The molecule has 0 radical (unpaired) electrons. The predicted molar refractivity (Wildman–Crippen MR) is 93.2 cm³/mol. The van der Waals surface area contributed by atoms with Crippen molar-refractivity contribution >= 4 is 12.0 Å². The zero-order valence-electron chi connectivity index (χ0n) is 14.4. The third-order valence-electron chi connectivity index (χ3n) is 3.47. The van der Waals surface area contributed by atoms with E-state index < -0.39 is 11.2 Å². The fraction of sp³-hybridized carbons (Fsp3) is 0.294. The first-order valence-electron chi connectivity index (χ1n) is 7.73. The smallest absolute Gasteiger partial charge is 0.330 e. The molecule has 2 heterocycles. The van der Waals surface area contributed by atoms with Crippen molar-refractivity contribution in [1.29, 1.82) is 0 Å². The molecule has 0 aliphatic rings. The molecule has 0 aliphatic heterocycles. The number of hydrogen-bond donors (Lipinski definition) is 1. The lowest BCUT2D eigenvalue weighted by molar-refractivity contribution is -0.116. The second kappa shape index (κ2) is 8.09. The van der Waals surface area contributed by atoms with Gasteiger partial charge in [0.1, 0.15) is 0 Å². The number of rotatable bonds is 6. The largest absolute Gasteiger partial charge is 0.478 e. The topological polar surface area (TPSA) is 95.2 Å². The van der Waals surface area contributed by atoms with E-state index in [2.05, 4.69) is 10.3 Å². The highest BCUT2D eigenvalue weighted by Crippen LogP contribution is 2.13. The first-order chi connectivity index (χ1) is 11.9. The Labute approximate surface area is 144 Å². The van der Waals surface area contributed by atoms with Gasteiger partial charge in [-0.25, -0.2) is 9.78 Å². The van der Waals surface area contributed by atoms with E-state index in [1.54, 1.807) is 12.3 Å². The van der Waals surface area contributed by atoms with E-state index in [-0.39, 0.29) is 18.0 Å². The molecule has 0 aliphatic carbocycles. The molecule has 0 saturated carbocycles. The Morgan fingerprint density at radius 1 is 1.36 bits per heavy atom. The van der Waals surface area contributed by atoms with Crippen molar-refractivity contribution in [3.05, 3.63) is 62.6 Å². The van der Waals surface area contributed by atoms with Gasteiger partial charge in [0.2, 0.25) is 11.8 Å². The molecule has 2 aromatic rings. The summed E-state index contributed by atoms with van der Waals surface area (Å²) in [6.07, 6.45) is 5.64. The fourth-order valence-corrected chi connectivity index (χ4v) is 2.18. The van der Waals surface area contributed by atoms with Crippen LogP contribution in [-0.2, 0) is 25.4 Å². The minimum absolute atomic E-state index is 0.246. The van der Waals surface area contributed by atoms with Crippen LogP contribution in [0.15, 0.2) is 40.2 Å². The molecule has 2 aromatic heterocycles. The third-order valence-corrected chi connectivity index (χ3v) is 3.47. The fourth-order valence-electron chi connectivity index (χ4n) is 2.18. The Kier molecular flexibility index (Phi) is 5.89. The van der Waals surface area contributed by atoms with Gasteiger partial charge < -0.3 is 14.6 Å². The number of carbonyl (C=O) groups is 1. The molecule has 0 atom stereocenters. The van der Waals surface area contributed by atoms with Crippen molar-refractivity contribution in [3.8, 4) is 5.88 Å². The van der Waals surface area contributed by atoms with Gasteiger partial charge in [0.25, 0.3) is 5.56 Å². The number of amides is 1. The lowest BCUT2D eigenvalue weighted by Gasteiger charge is -2.08. The Balaban J connectivity index is 2.08. The van der Waals surface area contributed by atoms with Crippen LogP contribution in [0.4, 0.5) is 0 Å². The van der Waals surface area contributed by atoms with Gasteiger partial charge in [0.05, 0.1) is 12.2 Å². The van der Waals surface area contributed by atoms with Crippen LogP contribution in [0.1, 0.15) is 18.1 Å². The zero-order chi connectivity index (χ0) is 18.4. The van der Waals surface area contributed by atoms with Gasteiger partial charge in [0.15, 0.2) is 0 Å². The normalized spacial score (nSPS) is 10.8. The van der Waals surface area contributed by atoms with Crippen molar-refractivity contribution in [2.45, 2.75) is 13.5 Å². The van der Waals surface area contributed by atoms with Gasteiger partial charge in [-0.05, 0) is 19.1 Å². The van der Waals surface area contributed by atoms with E-state index in [1.165, 1.54) is 37.0 Å². The highest BCUT2D eigenvalue weighted by Gasteiger charge is 2.07. The molecule has 0 aromatic carbocycles. The Bertz CT molecular complexity index is 912. The van der Waals surface area contributed by atoms with Crippen LogP contribution in [0.25, 0.3) is 6.08 Å². The summed E-state index contributed by atoms with van der Waals surface area (Å²) in [5, 5.41) is 2.70. The van der Waals surface area contributed by atoms with Gasteiger partial charge in [0, 0.05) is 44.7 Å². The number of hydrogen-bond acceptors (Lipinski definition) is 5. The van der Waals surface area contributed by atoms with E-state index in [1.807, 2.05) is 13.0 Å². The maximum atomic E-state index is 12.0. The second-order valence-electron chi connectivity index (χ2n) is 5.29. The van der Waals surface area contributed by atoms with Gasteiger partial charge in [-0.15, -0.1) is 0 Å². The molecule has 0 spiro atoms. The Hall–Kier alpha value is -3.16. The molecular formula is C17H20N4O4. The molecule has 1 amide bonds. The third kappa shape index (κ3) is 4.43. The minimum Gasteiger partial charge on any atom is -0.478 e. The molecule has 25 heavy (non-hydrogen) atoms. The molecule has 0 unspecified atom stereocenters. The Morgan fingerprint density at radius 3 is 2.84 bits per heavy atom. The summed E-state index contributed by atoms with van der Waals surface area (Å²) in [5.41, 5.74) is 0.116. The summed E-state index contributed by atoms with van der Waals surface area (Å²) in [6.45, 7) is 2.58. The first-order valence-corrected chi connectivity index (χ1v) is 7.73. The van der Waals surface area contributed by atoms with Gasteiger partial charge in [-0.3, -0.25) is 14.2 Å². The number of nitrogens with zero attached hydrogens (tertiary/aromatic N) is 3. The molecule has 0 saturated heterocycles. The van der Waals surface area contributed by atoms with Gasteiger partial charge >= 0.3 is 5.69 Å². The monoisotopic (exact) mass is 344 g/mol. The average molecular weight is 344 g/mol. The number of ether oxygens (including phenoxy) is 1. The first kappa shape index (κ1) is 18.2. The van der Waals surface area contributed by atoms with Crippen molar-refractivity contribution < 1.29 is 9.53 Å². The summed E-state index contributed by atoms with van der Waals surface area (Å²) in [4.78, 5) is 39.7. The number of pyridine rings is 1. The van der Waals surface area contributed by atoms with Gasteiger partial charge in [-0.1, -0.05) is 6.07 Å².